The van der Waals surface area contributed by atoms with E-state index in [4.69, 9.17) is 4.74 Å². The van der Waals surface area contributed by atoms with Crippen LogP contribution < -0.4 is 21.3 Å². The molecule has 396 valence electrons. The number of fused-ring (bicyclic) bond motifs is 2. The van der Waals surface area contributed by atoms with Gasteiger partial charge >= 0.3 is 5.97 Å². The number of esters is 1. The number of carbonyl (C=O) groups is 1. The van der Waals surface area contributed by atoms with Gasteiger partial charge in [-0.05, 0) is 95.6 Å². The molecule has 3 aliphatic rings. The number of thiophene rings is 1. The van der Waals surface area contributed by atoms with Gasteiger partial charge in [-0.15, -0.1) is 23.1 Å². The number of aromatic nitrogens is 10. The Bertz CT molecular complexity index is 3010. The Kier molecular flexibility index (Phi) is 22.5. The molecule has 74 heavy (non-hydrogen) atoms. The second-order valence-electron chi connectivity index (χ2n) is 16.0. The zero-order valence-corrected chi connectivity index (χ0v) is 47.5. The number of ether oxygens (including phenoxy) is 1. The number of aliphatic imine (C=N–C) groups is 1. The lowest BCUT2D eigenvalue weighted by molar-refractivity contribution is 0.0530. The molecule has 7 aromatic rings. The maximum absolute atomic E-state index is 12.7. The standard InChI is InChI=1S/C22H25N7O2S.C15H17N7S.C9H13N3S.3C2H6/c1-3-31-22(30)19-16(14-4-6-23-7-5-14)10-18(32-19)27-20-21-25-12-17(29(21)9-8-24-20)15-11-26-28(2)13-15;1-9-8-22-12(11-5-17-18-6-11)7-16-15(22)14(19-9)20-13-4-10(2)21(3)23-13;1-7-9(11-8(2)13-4)10-5-6-12(7)3;3*1-2/h8-14,23H,3-7H2,1-2H3,(H,24,27);4-8,10H,1-3H3,(H,17,18)(H,19,20);5-6H,1-2H2,3-4H3,(H,10,11);3*1-2H3. The SMILES string of the molecule is C=C(NC1=NC=CN(C)C1=C)SC.CC.CC.CC.CCOC(=O)c1sc(Nc2nccn3c(-c4cnn(C)c4)cnc23)cc1C1CCNCC1.Cc1cn2c(-c3cn[nH]c3)cnc2c(NC2=CC(C)N(C)S2)n1. The van der Waals surface area contributed by atoms with E-state index in [1.54, 1.807) is 47.0 Å². The van der Waals surface area contributed by atoms with Crippen LogP contribution in [0.25, 0.3) is 33.8 Å². The number of nitrogens with zero attached hydrogens (tertiary/aromatic N) is 12. The third-order valence-corrected chi connectivity index (χ3v) is 13.9. The maximum atomic E-state index is 12.7. The lowest BCUT2D eigenvalue weighted by atomic mass is 9.90. The maximum Gasteiger partial charge on any atom is 0.348 e. The molecular formula is C52H73N17O2S3. The van der Waals surface area contributed by atoms with Gasteiger partial charge in [-0.2, -0.15) is 10.2 Å². The summed E-state index contributed by atoms with van der Waals surface area (Å²) in [4.78, 5) is 37.7. The number of nitrogens with one attached hydrogen (secondary N) is 5. The number of hydrogen-bond donors (Lipinski definition) is 5. The van der Waals surface area contributed by atoms with Crippen LogP contribution in [0.15, 0.2) is 114 Å². The van der Waals surface area contributed by atoms with Crippen LogP contribution in [-0.4, -0.2) is 116 Å². The van der Waals surface area contributed by atoms with Crippen LogP contribution in [-0.2, 0) is 11.8 Å². The van der Waals surface area contributed by atoms with Gasteiger partial charge in [0.25, 0.3) is 0 Å². The van der Waals surface area contributed by atoms with E-state index in [9.17, 15) is 4.79 Å². The van der Waals surface area contributed by atoms with Gasteiger partial charge in [0.2, 0.25) is 0 Å². The summed E-state index contributed by atoms with van der Waals surface area (Å²) >= 11 is 4.64. The summed E-state index contributed by atoms with van der Waals surface area (Å²) in [5.41, 5.74) is 8.24. The molecule has 0 aliphatic carbocycles. The fourth-order valence-electron chi connectivity index (χ4n) is 7.55. The van der Waals surface area contributed by atoms with Crippen molar-refractivity contribution in [2.24, 2.45) is 12.0 Å². The summed E-state index contributed by atoms with van der Waals surface area (Å²) in [5.74, 6) is 2.24. The fraction of sp³-hybridized carbons (Fsp3) is 0.385. The van der Waals surface area contributed by atoms with E-state index in [-0.39, 0.29) is 5.97 Å². The minimum Gasteiger partial charge on any atom is -0.462 e. The molecule has 22 heteroatoms. The van der Waals surface area contributed by atoms with Crippen LogP contribution >= 0.6 is 35.0 Å². The summed E-state index contributed by atoms with van der Waals surface area (Å²) in [6.07, 6.45) is 26.4. The molecule has 0 radical (unpaired) electrons. The van der Waals surface area contributed by atoms with Crippen molar-refractivity contribution in [3.05, 3.63) is 125 Å². The smallest absolute Gasteiger partial charge is 0.348 e. The molecule has 0 aromatic carbocycles. The molecule has 19 nitrogen and oxygen atoms in total. The molecule has 5 N–H and O–H groups in total. The van der Waals surface area contributed by atoms with Gasteiger partial charge in [0, 0.05) is 74.6 Å². The molecule has 10 rings (SSSR count). The normalized spacial score (nSPS) is 15.1. The van der Waals surface area contributed by atoms with Crippen LogP contribution in [0, 0.1) is 6.92 Å². The average molecular weight is 1060 g/mol. The summed E-state index contributed by atoms with van der Waals surface area (Å²) < 4.78 is 13.3. The summed E-state index contributed by atoms with van der Waals surface area (Å²) in [6.45, 7) is 28.0. The van der Waals surface area contributed by atoms with Crippen molar-refractivity contribution in [1.29, 1.82) is 0 Å². The van der Waals surface area contributed by atoms with Gasteiger partial charge < -0.3 is 30.9 Å². The van der Waals surface area contributed by atoms with E-state index < -0.39 is 0 Å². The molecule has 0 spiro atoms. The molecule has 1 atom stereocenters. The number of H-pyrrole nitrogens is 1. The molecule has 7 aromatic heterocycles. The van der Waals surface area contributed by atoms with Crippen molar-refractivity contribution in [2.75, 3.05) is 50.7 Å². The van der Waals surface area contributed by atoms with Crippen molar-refractivity contribution in [2.45, 2.75) is 87.1 Å². The first kappa shape index (κ1) is 58.2. The number of aromatic amines is 1. The molecule has 1 unspecified atom stereocenters. The summed E-state index contributed by atoms with van der Waals surface area (Å²) in [6, 6.07) is 2.47. The predicted molar refractivity (Wildman–Crippen MR) is 309 cm³/mol. The van der Waals surface area contributed by atoms with Crippen molar-refractivity contribution in [3.63, 3.8) is 0 Å². The van der Waals surface area contributed by atoms with Gasteiger partial charge in [0.15, 0.2) is 28.8 Å². The highest BCUT2D eigenvalue weighted by Crippen LogP contribution is 2.39. The Balaban J connectivity index is 0.000000211. The van der Waals surface area contributed by atoms with Crippen LogP contribution in [0.5, 0.6) is 0 Å². The van der Waals surface area contributed by atoms with Crippen molar-refractivity contribution in [1.82, 2.24) is 68.6 Å². The van der Waals surface area contributed by atoms with Crippen molar-refractivity contribution < 1.29 is 9.53 Å². The number of imidazole rings is 2. The molecule has 3 aliphatic heterocycles. The minimum atomic E-state index is -0.259. The number of thioether (sulfide) groups is 1. The first-order valence-electron chi connectivity index (χ1n) is 24.9. The van der Waals surface area contributed by atoms with Gasteiger partial charge in [0.05, 0.1) is 69.2 Å². The molecule has 10 heterocycles. The number of aryl methyl sites for hydroxylation is 2. The molecule has 1 saturated heterocycles. The highest BCUT2D eigenvalue weighted by Gasteiger charge is 2.26. The van der Waals surface area contributed by atoms with Gasteiger partial charge in [-0.3, -0.25) is 18.6 Å². The molecular weight excluding hydrogens is 991 g/mol. The number of amidine groups is 1. The predicted octanol–water partition coefficient (Wildman–Crippen LogP) is 11.1. The third-order valence-electron chi connectivity index (χ3n) is 11.2. The van der Waals surface area contributed by atoms with E-state index in [2.05, 4.69) is 105 Å². The molecule has 0 amide bonds. The fourth-order valence-corrected chi connectivity index (χ4v) is 9.72. The zero-order chi connectivity index (χ0) is 53.9. The Hall–Kier alpha value is -6.72. The average Bonchev–Trinajstić information content (AvgIpc) is 4.30. The second kappa shape index (κ2) is 28.7. The first-order chi connectivity index (χ1) is 35.9. The number of likely N-dealkylation sites (N-methyl/N-ethyl adjacent to an activating group) is 2. The van der Waals surface area contributed by atoms with Crippen LogP contribution in [0.3, 0.4) is 0 Å². The van der Waals surface area contributed by atoms with E-state index in [0.717, 1.165) is 97.8 Å². The second-order valence-corrected chi connectivity index (χ2v) is 19.1. The van der Waals surface area contributed by atoms with E-state index in [0.29, 0.717) is 34.9 Å². The summed E-state index contributed by atoms with van der Waals surface area (Å²) in [5, 5.41) is 27.2. The topological polar surface area (TPSA) is 200 Å². The number of anilines is 3. The van der Waals surface area contributed by atoms with E-state index >= 15 is 0 Å². The van der Waals surface area contributed by atoms with Gasteiger partial charge in [-0.1, -0.05) is 54.7 Å². The number of carbonyl (C=O) groups excluding carboxylic acids is 1. The van der Waals surface area contributed by atoms with Crippen LogP contribution in [0.2, 0.25) is 0 Å². The highest BCUT2D eigenvalue weighted by molar-refractivity contribution is 8.02. The lowest BCUT2D eigenvalue weighted by Crippen LogP contribution is -2.30. The van der Waals surface area contributed by atoms with Crippen LogP contribution in [0.1, 0.15) is 95.1 Å². The zero-order valence-electron chi connectivity index (χ0n) is 45.0. The number of piperidine rings is 1. The monoisotopic (exact) mass is 1060 g/mol. The Labute approximate surface area is 448 Å². The lowest BCUT2D eigenvalue weighted by Gasteiger charge is -2.22. The molecule has 1 fully saturated rings. The quantitative estimate of drug-likeness (QED) is 0.0605. The minimum absolute atomic E-state index is 0.259. The van der Waals surface area contributed by atoms with Crippen LogP contribution in [0.4, 0.5) is 16.6 Å². The van der Waals surface area contributed by atoms with Gasteiger partial charge in [0.1, 0.15) is 4.88 Å². The van der Waals surface area contributed by atoms with Crippen molar-refractivity contribution in [3.8, 4) is 22.5 Å². The number of hydrogen-bond acceptors (Lipinski definition) is 18. The number of rotatable bonds is 11. The Morgan fingerprint density at radius 3 is 2.26 bits per heavy atom. The summed E-state index contributed by atoms with van der Waals surface area (Å²) in [7, 11) is 5.89. The van der Waals surface area contributed by atoms with E-state index in [1.807, 2.05) is 139 Å². The Morgan fingerprint density at radius 2 is 1.64 bits per heavy atom. The molecule has 0 bridgehead atoms. The van der Waals surface area contributed by atoms with Gasteiger partial charge in [-0.25, -0.2) is 34.0 Å². The van der Waals surface area contributed by atoms with Crippen molar-refractivity contribution >= 4 is 74.8 Å². The molecule has 0 saturated carbocycles. The largest absolute Gasteiger partial charge is 0.462 e. The highest BCUT2D eigenvalue weighted by atomic mass is 32.2. The first-order valence-corrected chi connectivity index (χ1v) is 27.7. The third kappa shape index (κ3) is 14.5. The Morgan fingerprint density at radius 1 is 0.932 bits per heavy atom. The van der Waals surface area contributed by atoms with E-state index in [1.165, 1.54) is 11.3 Å².